The molecular weight excluding hydrogens is 164 g/mol. The first-order valence-electron chi connectivity index (χ1n) is 4.94. The third-order valence-electron chi connectivity index (χ3n) is 2.01. The van der Waals surface area contributed by atoms with E-state index in [0.717, 1.165) is 37.5 Å². The molecule has 0 unspecified atom stereocenters. The molecule has 1 rings (SSSR count). The highest BCUT2D eigenvalue weighted by molar-refractivity contribution is 4.95. The molecule has 0 saturated heterocycles. The van der Waals surface area contributed by atoms with Crippen molar-refractivity contribution < 1.29 is 0 Å². The van der Waals surface area contributed by atoms with Crippen LogP contribution in [-0.2, 0) is 19.5 Å². The molecule has 4 nitrogen and oxygen atoms in total. The van der Waals surface area contributed by atoms with E-state index in [2.05, 4.69) is 28.6 Å². The third-order valence-corrected chi connectivity index (χ3v) is 2.01. The Labute approximate surface area is 79.2 Å². The molecule has 0 bridgehead atoms. The highest BCUT2D eigenvalue weighted by Crippen LogP contribution is 2.05. The quantitative estimate of drug-likeness (QED) is 0.741. The van der Waals surface area contributed by atoms with Crippen molar-refractivity contribution >= 4 is 0 Å². The minimum Gasteiger partial charge on any atom is -0.324 e. The van der Waals surface area contributed by atoms with Gasteiger partial charge in [-0.1, -0.05) is 13.8 Å². The van der Waals surface area contributed by atoms with E-state index in [-0.39, 0.29) is 0 Å². The van der Waals surface area contributed by atoms with Crippen LogP contribution in [0.15, 0.2) is 0 Å². The Morgan fingerprint density at radius 1 is 1.15 bits per heavy atom. The van der Waals surface area contributed by atoms with Crippen molar-refractivity contribution in [2.75, 3.05) is 0 Å². The maximum atomic E-state index is 5.57. The second-order valence-electron chi connectivity index (χ2n) is 3.14. The Hall–Kier alpha value is -0.900. The summed E-state index contributed by atoms with van der Waals surface area (Å²) in [6.07, 6.45) is 3.20. The van der Waals surface area contributed by atoms with Crippen molar-refractivity contribution in [2.45, 2.75) is 46.2 Å². The Bertz CT molecular complexity index is 254. The number of nitrogens with two attached hydrogens (primary N) is 1. The Balaban J connectivity index is 2.85. The summed E-state index contributed by atoms with van der Waals surface area (Å²) in [5.74, 6) is 1.98. The predicted octanol–water partition coefficient (Wildman–Crippen LogP) is 1.10. The molecule has 0 radical (unpaired) electrons. The number of aromatic nitrogens is 3. The van der Waals surface area contributed by atoms with Crippen LogP contribution in [0.4, 0.5) is 0 Å². The molecule has 13 heavy (non-hydrogen) atoms. The molecular formula is C9H18N4. The Morgan fingerprint density at radius 2 is 1.85 bits per heavy atom. The summed E-state index contributed by atoms with van der Waals surface area (Å²) < 4.78 is 2.14. The molecule has 4 heteroatoms. The van der Waals surface area contributed by atoms with E-state index in [0.29, 0.717) is 6.54 Å². The summed E-state index contributed by atoms with van der Waals surface area (Å²) in [7, 11) is 0. The molecule has 1 aromatic heterocycles. The van der Waals surface area contributed by atoms with Crippen molar-refractivity contribution in [1.29, 1.82) is 0 Å². The van der Waals surface area contributed by atoms with Gasteiger partial charge in [-0.2, -0.15) is 0 Å². The number of aryl methyl sites for hydroxylation is 1. The van der Waals surface area contributed by atoms with Crippen LogP contribution >= 0.6 is 0 Å². The summed E-state index contributed by atoms with van der Waals surface area (Å²) in [5.41, 5.74) is 5.57. The van der Waals surface area contributed by atoms with Crippen molar-refractivity contribution in [3.63, 3.8) is 0 Å². The zero-order valence-electron chi connectivity index (χ0n) is 8.45. The summed E-state index contributed by atoms with van der Waals surface area (Å²) in [4.78, 5) is 0. The SMILES string of the molecule is CCCc1nnc(CN)n1CCC. The minimum absolute atomic E-state index is 0.483. The van der Waals surface area contributed by atoms with Crippen molar-refractivity contribution in [3.05, 3.63) is 11.6 Å². The van der Waals surface area contributed by atoms with Crippen LogP contribution in [0.5, 0.6) is 0 Å². The smallest absolute Gasteiger partial charge is 0.146 e. The first-order chi connectivity index (χ1) is 6.33. The summed E-state index contributed by atoms with van der Waals surface area (Å²) >= 11 is 0. The van der Waals surface area contributed by atoms with Gasteiger partial charge in [0.05, 0.1) is 6.54 Å². The maximum absolute atomic E-state index is 5.57. The van der Waals surface area contributed by atoms with Gasteiger partial charge in [-0.05, 0) is 12.8 Å². The third kappa shape index (κ3) is 2.28. The van der Waals surface area contributed by atoms with Gasteiger partial charge in [0.25, 0.3) is 0 Å². The summed E-state index contributed by atoms with van der Waals surface area (Å²) in [6.45, 7) is 5.76. The van der Waals surface area contributed by atoms with Crippen LogP contribution in [0.25, 0.3) is 0 Å². The summed E-state index contributed by atoms with van der Waals surface area (Å²) in [6, 6.07) is 0. The highest BCUT2D eigenvalue weighted by atomic mass is 15.3. The van der Waals surface area contributed by atoms with Gasteiger partial charge in [0.1, 0.15) is 11.6 Å². The molecule has 74 valence electrons. The van der Waals surface area contributed by atoms with Gasteiger partial charge in [-0.25, -0.2) is 0 Å². The fourth-order valence-electron chi connectivity index (χ4n) is 1.41. The molecule has 0 atom stereocenters. The van der Waals surface area contributed by atoms with Crippen molar-refractivity contribution in [3.8, 4) is 0 Å². The second-order valence-corrected chi connectivity index (χ2v) is 3.14. The maximum Gasteiger partial charge on any atom is 0.146 e. The van der Waals surface area contributed by atoms with Crippen LogP contribution in [0.2, 0.25) is 0 Å². The van der Waals surface area contributed by atoms with E-state index in [1.54, 1.807) is 0 Å². The van der Waals surface area contributed by atoms with E-state index < -0.39 is 0 Å². The molecule has 0 aliphatic heterocycles. The number of rotatable bonds is 5. The number of hydrogen-bond donors (Lipinski definition) is 1. The van der Waals surface area contributed by atoms with Gasteiger partial charge >= 0.3 is 0 Å². The van der Waals surface area contributed by atoms with E-state index >= 15 is 0 Å². The number of nitrogens with zero attached hydrogens (tertiary/aromatic N) is 3. The van der Waals surface area contributed by atoms with Crippen LogP contribution in [0.1, 0.15) is 38.3 Å². The normalized spacial score (nSPS) is 10.7. The van der Waals surface area contributed by atoms with Gasteiger partial charge in [0.15, 0.2) is 0 Å². The van der Waals surface area contributed by atoms with E-state index in [4.69, 9.17) is 5.73 Å². The molecule has 0 aliphatic carbocycles. The minimum atomic E-state index is 0.483. The van der Waals surface area contributed by atoms with Gasteiger partial charge in [-0.15, -0.1) is 10.2 Å². The standard InChI is InChI=1S/C9H18N4/c1-3-5-8-11-12-9(7-10)13(8)6-4-2/h3-7,10H2,1-2H3. The lowest BCUT2D eigenvalue weighted by molar-refractivity contribution is 0.603. The molecule has 2 N–H and O–H groups in total. The zero-order chi connectivity index (χ0) is 9.68. The molecule has 0 aliphatic rings. The molecule has 0 fully saturated rings. The first kappa shape index (κ1) is 10.2. The Kier molecular flexibility index (Phi) is 3.89. The Morgan fingerprint density at radius 3 is 2.38 bits per heavy atom. The average molecular weight is 182 g/mol. The van der Waals surface area contributed by atoms with Gasteiger partial charge in [-0.3, -0.25) is 0 Å². The molecule has 0 spiro atoms. The van der Waals surface area contributed by atoms with E-state index in [1.165, 1.54) is 0 Å². The van der Waals surface area contributed by atoms with Crippen molar-refractivity contribution in [2.24, 2.45) is 5.73 Å². The van der Waals surface area contributed by atoms with E-state index in [1.807, 2.05) is 0 Å². The molecule has 0 amide bonds. The topological polar surface area (TPSA) is 56.7 Å². The first-order valence-corrected chi connectivity index (χ1v) is 4.94. The largest absolute Gasteiger partial charge is 0.324 e. The van der Waals surface area contributed by atoms with Crippen LogP contribution in [-0.4, -0.2) is 14.8 Å². The van der Waals surface area contributed by atoms with Crippen LogP contribution in [0, 0.1) is 0 Å². The van der Waals surface area contributed by atoms with E-state index in [9.17, 15) is 0 Å². The molecule has 1 heterocycles. The van der Waals surface area contributed by atoms with Crippen LogP contribution in [0.3, 0.4) is 0 Å². The fraction of sp³-hybridized carbons (Fsp3) is 0.778. The van der Waals surface area contributed by atoms with Gasteiger partial charge in [0.2, 0.25) is 0 Å². The molecule has 1 aromatic rings. The average Bonchev–Trinajstić information content (AvgIpc) is 2.50. The number of hydrogen-bond acceptors (Lipinski definition) is 3. The monoisotopic (exact) mass is 182 g/mol. The molecule has 0 aromatic carbocycles. The second kappa shape index (κ2) is 4.97. The van der Waals surface area contributed by atoms with Crippen LogP contribution < -0.4 is 5.73 Å². The van der Waals surface area contributed by atoms with Gasteiger partial charge < -0.3 is 10.3 Å². The lowest BCUT2D eigenvalue weighted by Gasteiger charge is -2.06. The highest BCUT2D eigenvalue weighted by Gasteiger charge is 2.08. The predicted molar refractivity (Wildman–Crippen MR) is 52.2 cm³/mol. The summed E-state index contributed by atoms with van der Waals surface area (Å²) in [5, 5.41) is 8.19. The lowest BCUT2D eigenvalue weighted by atomic mass is 10.3. The fourth-order valence-corrected chi connectivity index (χ4v) is 1.41. The van der Waals surface area contributed by atoms with Gasteiger partial charge in [0, 0.05) is 13.0 Å². The van der Waals surface area contributed by atoms with Crippen molar-refractivity contribution in [1.82, 2.24) is 14.8 Å². The molecule has 0 saturated carbocycles. The lowest BCUT2D eigenvalue weighted by Crippen LogP contribution is -2.10. The zero-order valence-corrected chi connectivity index (χ0v) is 8.45.